The van der Waals surface area contributed by atoms with E-state index < -0.39 is 40.8 Å². The van der Waals surface area contributed by atoms with E-state index in [0.717, 1.165) is 0 Å². The molecule has 1 aromatic carbocycles. The predicted molar refractivity (Wildman–Crippen MR) is 71.9 cm³/mol. The van der Waals surface area contributed by atoms with Crippen LogP contribution in [0.5, 0.6) is 0 Å². The van der Waals surface area contributed by atoms with Crippen molar-refractivity contribution in [3.8, 4) is 0 Å². The van der Waals surface area contributed by atoms with E-state index in [1.807, 2.05) is 0 Å². The van der Waals surface area contributed by atoms with Crippen molar-refractivity contribution in [3.63, 3.8) is 0 Å². The van der Waals surface area contributed by atoms with E-state index in [9.17, 15) is 22.4 Å². The van der Waals surface area contributed by atoms with Gasteiger partial charge in [-0.3, -0.25) is 4.79 Å². The lowest BCUT2D eigenvalue weighted by molar-refractivity contribution is -0.0303. The van der Waals surface area contributed by atoms with E-state index in [0.29, 0.717) is 12.6 Å². The van der Waals surface area contributed by atoms with Crippen molar-refractivity contribution in [1.29, 1.82) is 0 Å². The van der Waals surface area contributed by atoms with Crippen LogP contribution < -0.4 is 0 Å². The van der Waals surface area contributed by atoms with Gasteiger partial charge in [0.15, 0.2) is 23.3 Å². The van der Waals surface area contributed by atoms with Crippen LogP contribution in [-0.4, -0.2) is 51.6 Å². The zero-order valence-electron chi connectivity index (χ0n) is 12.3. The summed E-state index contributed by atoms with van der Waals surface area (Å²) in [7, 11) is 0. The number of hydrogen-bond donors (Lipinski definition) is 0. The summed E-state index contributed by atoms with van der Waals surface area (Å²) in [5, 5.41) is 7.40. The molecule has 6 nitrogen and oxygen atoms in total. The monoisotopic (exact) mass is 344 g/mol. The quantitative estimate of drug-likeness (QED) is 0.479. The number of carbonyl (C=O) groups excluding carboxylic acids is 1. The molecule has 1 saturated heterocycles. The van der Waals surface area contributed by atoms with Gasteiger partial charge >= 0.3 is 0 Å². The first-order valence-electron chi connectivity index (χ1n) is 7.05. The van der Waals surface area contributed by atoms with Crippen molar-refractivity contribution < 1.29 is 27.1 Å². The fourth-order valence-corrected chi connectivity index (χ4v) is 2.45. The summed E-state index contributed by atoms with van der Waals surface area (Å²) in [6.45, 7) is 0.656. The Balaban J connectivity index is 1.77. The Morgan fingerprint density at radius 2 is 2.04 bits per heavy atom. The van der Waals surface area contributed by atoms with Crippen molar-refractivity contribution in [3.05, 3.63) is 47.3 Å². The van der Waals surface area contributed by atoms with Crippen LogP contribution in [0.1, 0.15) is 10.4 Å². The van der Waals surface area contributed by atoms with Crippen molar-refractivity contribution in [1.82, 2.24) is 19.9 Å². The van der Waals surface area contributed by atoms with Gasteiger partial charge in [-0.25, -0.2) is 22.2 Å². The van der Waals surface area contributed by atoms with Crippen LogP contribution in [0.3, 0.4) is 0 Å². The molecule has 1 fully saturated rings. The Kier molecular flexibility index (Phi) is 4.47. The van der Waals surface area contributed by atoms with Gasteiger partial charge in [0.1, 0.15) is 0 Å². The summed E-state index contributed by atoms with van der Waals surface area (Å²) in [5.41, 5.74) is -0.854. The molecule has 2 heterocycles. The van der Waals surface area contributed by atoms with Gasteiger partial charge in [-0.15, -0.1) is 5.10 Å². The molecule has 1 aliphatic heterocycles. The number of hydrogen-bond acceptors (Lipinski definition) is 4. The second kappa shape index (κ2) is 6.56. The summed E-state index contributed by atoms with van der Waals surface area (Å²) in [6, 6.07) is 0.359. The summed E-state index contributed by atoms with van der Waals surface area (Å²) < 4.78 is 60.3. The molecular weight excluding hydrogens is 332 g/mol. The SMILES string of the molecule is O=C(c1cc(F)c(F)c(F)c1F)N1CCOC(Cn2ccnn2)C1. The minimum Gasteiger partial charge on any atom is -0.373 e. The van der Waals surface area contributed by atoms with Gasteiger partial charge in [0, 0.05) is 19.3 Å². The second-order valence-corrected chi connectivity index (χ2v) is 5.22. The minimum atomic E-state index is -2.01. The normalized spacial score (nSPS) is 18.0. The van der Waals surface area contributed by atoms with Gasteiger partial charge in [0.25, 0.3) is 5.91 Å². The molecule has 1 amide bonds. The fourth-order valence-electron chi connectivity index (χ4n) is 2.45. The molecule has 1 unspecified atom stereocenters. The summed E-state index contributed by atoms with van der Waals surface area (Å²) >= 11 is 0. The van der Waals surface area contributed by atoms with Crippen LogP contribution in [-0.2, 0) is 11.3 Å². The van der Waals surface area contributed by atoms with Gasteiger partial charge < -0.3 is 9.64 Å². The average molecular weight is 344 g/mol. The zero-order chi connectivity index (χ0) is 17.3. The fraction of sp³-hybridized carbons (Fsp3) is 0.357. The van der Waals surface area contributed by atoms with Gasteiger partial charge in [-0.2, -0.15) is 0 Å². The third kappa shape index (κ3) is 3.09. The highest BCUT2D eigenvalue weighted by Gasteiger charge is 2.30. The number of nitrogens with zero attached hydrogens (tertiary/aromatic N) is 4. The molecular formula is C14H12F4N4O2. The Morgan fingerprint density at radius 3 is 2.75 bits per heavy atom. The van der Waals surface area contributed by atoms with Crippen LogP contribution in [0.2, 0.25) is 0 Å². The van der Waals surface area contributed by atoms with E-state index >= 15 is 0 Å². The molecule has 0 radical (unpaired) electrons. The van der Waals surface area contributed by atoms with Crippen LogP contribution in [0, 0.1) is 23.3 Å². The van der Waals surface area contributed by atoms with Crippen LogP contribution in [0.15, 0.2) is 18.5 Å². The van der Waals surface area contributed by atoms with E-state index in [1.54, 1.807) is 6.20 Å². The molecule has 10 heteroatoms. The number of aromatic nitrogens is 3. The highest BCUT2D eigenvalue weighted by molar-refractivity contribution is 5.94. The van der Waals surface area contributed by atoms with Gasteiger partial charge in [0.2, 0.25) is 0 Å². The molecule has 0 aliphatic carbocycles. The molecule has 0 spiro atoms. The Hall–Kier alpha value is -2.49. The van der Waals surface area contributed by atoms with Crippen molar-refractivity contribution in [2.75, 3.05) is 19.7 Å². The maximum atomic E-state index is 13.8. The molecule has 0 saturated carbocycles. The molecule has 3 rings (SSSR count). The lowest BCUT2D eigenvalue weighted by Gasteiger charge is -2.33. The first-order valence-corrected chi connectivity index (χ1v) is 7.05. The smallest absolute Gasteiger partial charge is 0.257 e. The van der Waals surface area contributed by atoms with E-state index in [4.69, 9.17) is 4.74 Å². The van der Waals surface area contributed by atoms with Gasteiger partial charge in [-0.05, 0) is 6.07 Å². The molecule has 0 N–H and O–H groups in total. The maximum absolute atomic E-state index is 13.8. The summed E-state index contributed by atoms with van der Waals surface area (Å²) in [6.07, 6.45) is 2.64. The van der Waals surface area contributed by atoms with E-state index in [-0.39, 0.29) is 19.7 Å². The third-order valence-electron chi connectivity index (χ3n) is 3.62. The zero-order valence-corrected chi connectivity index (χ0v) is 12.3. The molecule has 1 aromatic heterocycles. The van der Waals surface area contributed by atoms with Crippen LogP contribution >= 0.6 is 0 Å². The lowest BCUT2D eigenvalue weighted by atomic mass is 10.1. The number of benzene rings is 1. The highest BCUT2D eigenvalue weighted by atomic mass is 19.2. The first-order chi connectivity index (χ1) is 11.5. The van der Waals surface area contributed by atoms with E-state index in [1.165, 1.54) is 15.8 Å². The minimum absolute atomic E-state index is 0.0682. The largest absolute Gasteiger partial charge is 0.373 e. The first kappa shape index (κ1) is 16.4. The molecule has 1 aliphatic rings. The molecule has 2 aromatic rings. The Labute approximate surface area is 133 Å². The number of ether oxygens (including phenoxy) is 1. The highest BCUT2D eigenvalue weighted by Crippen LogP contribution is 2.21. The number of amides is 1. The van der Waals surface area contributed by atoms with Crippen LogP contribution in [0.25, 0.3) is 0 Å². The number of rotatable bonds is 3. The average Bonchev–Trinajstić information content (AvgIpc) is 3.09. The predicted octanol–water partition coefficient (Wildman–Crippen LogP) is 1.38. The number of carbonyl (C=O) groups is 1. The summed E-state index contributed by atoms with van der Waals surface area (Å²) in [4.78, 5) is 13.5. The van der Waals surface area contributed by atoms with Gasteiger partial charge in [0.05, 0.1) is 31.0 Å². The number of halogens is 4. The molecule has 1 atom stereocenters. The molecule has 0 bridgehead atoms. The topological polar surface area (TPSA) is 60.2 Å². The van der Waals surface area contributed by atoms with Gasteiger partial charge in [-0.1, -0.05) is 5.21 Å². The molecule has 24 heavy (non-hydrogen) atoms. The van der Waals surface area contributed by atoms with Crippen molar-refractivity contribution in [2.45, 2.75) is 12.6 Å². The third-order valence-corrected chi connectivity index (χ3v) is 3.62. The van der Waals surface area contributed by atoms with Crippen molar-refractivity contribution >= 4 is 5.91 Å². The number of morpholine rings is 1. The lowest BCUT2D eigenvalue weighted by Crippen LogP contribution is -2.47. The maximum Gasteiger partial charge on any atom is 0.257 e. The second-order valence-electron chi connectivity index (χ2n) is 5.22. The van der Waals surface area contributed by atoms with E-state index in [2.05, 4.69) is 10.3 Å². The Bertz CT molecular complexity index is 754. The summed E-state index contributed by atoms with van der Waals surface area (Å²) in [5.74, 6) is -8.22. The Morgan fingerprint density at radius 1 is 1.25 bits per heavy atom. The van der Waals surface area contributed by atoms with Crippen molar-refractivity contribution in [2.24, 2.45) is 0 Å². The molecule has 128 valence electrons. The standard InChI is InChI=1S/C14H12F4N4O2/c15-10-5-9(11(16)13(18)12(10)17)14(23)21-3-4-24-8(6-21)7-22-2-1-19-20-22/h1-2,5,8H,3-4,6-7H2. The van der Waals surface area contributed by atoms with Crippen LogP contribution in [0.4, 0.5) is 17.6 Å².